The Balaban J connectivity index is 1.83. The Morgan fingerprint density at radius 3 is 1.13 bits per heavy atom. The Morgan fingerprint density at radius 2 is 0.744 bits per heavy atom. The van der Waals surface area contributed by atoms with Gasteiger partial charge in [-0.2, -0.15) is 0 Å². The average Bonchev–Trinajstić information content (AvgIpc) is 2.89. The molecule has 0 N–H and O–H groups in total. The molecule has 0 spiro atoms. The molecular weight excluding hydrogens is 609 g/mol. The molecule has 5 rings (SSSR count). The van der Waals surface area contributed by atoms with Crippen LogP contribution in [0.1, 0.15) is 23.6 Å². The zero-order chi connectivity index (χ0) is 27.9. The zero-order valence-electron chi connectivity index (χ0n) is 20.9. The Kier molecular flexibility index (Phi) is 8.80. The lowest BCUT2D eigenvalue weighted by Gasteiger charge is -2.36. The van der Waals surface area contributed by atoms with Gasteiger partial charge in [0.15, 0.2) is 0 Å². The second-order valence-electron chi connectivity index (χ2n) is 9.54. The van der Waals surface area contributed by atoms with E-state index < -0.39 is 5.41 Å². The van der Waals surface area contributed by atoms with Crippen molar-refractivity contribution in [3.05, 3.63) is 114 Å². The van der Waals surface area contributed by atoms with Crippen molar-refractivity contribution >= 4 is 88.4 Å². The first-order valence-electron chi connectivity index (χ1n) is 12.1. The minimum absolute atomic E-state index is 0.706. The molecule has 0 unspecified atom stereocenters. The number of hydrogen-bond acceptors (Lipinski definition) is 7. The van der Waals surface area contributed by atoms with Crippen LogP contribution in [0.15, 0.2) is 131 Å². The first kappa shape index (κ1) is 29.1. The molecule has 0 nitrogen and oxygen atoms in total. The molecule has 0 saturated heterocycles. The SMILES string of the molecule is CC(c1cc(-c2ccc(S)cc2)ccc1S)(c1cc(-c2ccc(S)cc2)ccc1S)c1c(S)cc(S)cc1S. The highest BCUT2D eigenvalue weighted by molar-refractivity contribution is 7.82. The van der Waals surface area contributed by atoms with Gasteiger partial charge in [0.25, 0.3) is 0 Å². The molecule has 0 aliphatic rings. The standard InChI is InChI=1S/C32H26S7/c1-32(31-29(38)16-24(35)17-30(31)39,25-14-20(6-12-27(25)36)18-2-8-22(33)9-3-18)26-15-21(7-13-28(26)37)19-4-10-23(34)11-5-19/h2-17,33-39H,1H3. The molecule has 39 heavy (non-hydrogen) atoms. The van der Waals surface area contributed by atoms with E-state index in [1.165, 1.54) is 0 Å². The van der Waals surface area contributed by atoms with Crippen LogP contribution in [0.25, 0.3) is 22.3 Å². The second kappa shape index (κ2) is 11.8. The minimum atomic E-state index is -0.706. The molecule has 0 radical (unpaired) electrons. The lowest BCUT2D eigenvalue weighted by atomic mass is 9.70. The predicted molar refractivity (Wildman–Crippen MR) is 187 cm³/mol. The van der Waals surface area contributed by atoms with Crippen molar-refractivity contribution in [2.75, 3.05) is 0 Å². The molecule has 0 saturated carbocycles. The highest BCUT2D eigenvalue weighted by Crippen LogP contribution is 2.50. The molecule has 0 amide bonds. The zero-order valence-corrected chi connectivity index (χ0v) is 27.1. The normalized spacial score (nSPS) is 11.6. The lowest BCUT2D eigenvalue weighted by Crippen LogP contribution is -2.28. The van der Waals surface area contributed by atoms with E-state index in [2.05, 4.69) is 105 Å². The summed E-state index contributed by atoms with van der Waals surface area (Å²) in [7, 11) is 0. The van der Waals surface area contributed by atoms with E-state index in [-0.39, 0.29) is 0 Å². The van der Waals surface area contributed by atoms with Gasteiger partial charge in [-0.25, -0.2) is 0 Å². The van der Waals surface area contributed by atoms with Crippen LogP contribution in [0.5, 0.6) is 0 Å². The van der Waals surface area contributed by atoms with Crippen molar-refractivity contribution in [1.82, 2.24) is 0 Å². The van der Waals surface area contributed by atoms with Crippen molar-refractivity contribution in [2.45, 2.75) is 46.6 Å². The van der Waals surface area contributed by atoms with Gasteiger partial charge in [0, 0.05) is 39.7 Å². The van der Waals surface area contributed by atoms with Crippen molar-refractivity contribution < 1.29 is 0 Å². The summed E-state index contributed by atoms with van der Waals surface area (Å²) in [5, 5.41) is 0. The van der Waals surface area contributed by atoms with Gasteiger partial charge in [0.2, 0.25) is 0 Å². The van der Waals surface area contributed by atoms with Gasteiger partial charge in [-0.15, -0.1) is 88.4 Å². The van der Waals surface area contributed by atoms with Crippen LogP contribution < -0.4 is 0 Å². The molecule has 0 fully saturated rings. The molecule has 0 aliphatic carbocycles. The fraction of sp³-hybridized carbons (Fsp3) is 0.0625. The smallest absolute Gasteiger partial charge is 0.0467 e. The van der Waals surface area contributed by atoms with E-state index in [1.807, 2.05) is 36.4 Å². The van der Waals surface area contributed by atoms with Crippen molar-refractivity contribution in [3.63, 3.8) is 0 Å². The predicted octanol–water partition coefficient (Wildman–Crippen LogP) is 10.4. The minimum Gasteiger partial charge on any atom is -0.143 e. The lowest BCUT2D eigenvalue weighted by molar-refractivity contribution is 0.634. The van der Waals surface area contributed by atoms with Gasteiger partial charge in [-0.1, -0.05) is 36.4 Å². The Morgan fingerprint density at radius 1 is 0.385 bits per heavy atom. The third-order valence-corrected chi connectivity index (χ3v) is 9.39. The van der Waals surface area contributed by atoms with Gasteiger partial charge in [-0.05, 0) is 107 Å². The number of thiol groups is 7. The van der Waals surface area contributed by atoms with E-state index in [0.717, 1.165) is 73.2 Å². The van der Waals surface area contributed by atoms with Crippen molar-refractivity contribution in [2.24, 2.45) is 0 Å². The molecule has 5 aromatic rings. The van der Waals surface area contributed by atoms with Crippen LogP contribution in [-0.4, -0.2) is 0 Å². The molecule has 0 atom stereocenters. The van der Waals surface area contributed by atoms with Gasteiger partial charge in [0.05, 0.1) is 0 Å². The third-order valence-electron chi connectivity index (χ3n) is 7.05. The summed E-state index contributed by atoms with van der Waals surface area (Å²) >= 11 is 33.4. The quantitative estimate of drug-likeness (QED) is 0.0726. The molecular formula is C32H26S7. The van der Waals surface area contributed by atoms with E-state index in [1.54, 1.807) is 0 Å². The summed E-state index contributed by atoms with van der Waals surface area (Å²) in [6.07, 6.45) is 0. The molecule has 196 valence electrons. The molecule has 7 heteroatoms. The highest BCUT2D eigenvalue weighted by Gasteiger charge is 2.38. The third kappa shape index (κ3) is 5.82. The van der Waals surface area contributed by atoms with E-state index in [4.69, 9.17) is 50.5 Å². The Labute approximate surface area is 268 Å². The fourth-order valence-electron chi connectivity index (χ4n) is 5.06. The number of rotatable bonds is 5. The first-order chi connectivity index (χ1) is 18.6. The maximum Gasteiger partial charge on any atom is 0.0467 e. The van der Waals surface area contributed by atoms with Crippen LogP contribution in [0, 0.1) is 0 Å². The maximum atomic E-state index is 4.99. The van der Waals surface area contributed by atoms with Crippen molar-refractivity contribution in [1.29, 1.82) is 0 Å². The number of benzene rings is 5. The first-order valence-corrected chi connectivity index (χ1v) is 15.2. The second-order valence-corrected chi connectivity index (χ2v) is 13.0. The molecule has 0 aromatic heterocycles. The fourth-order valence-corrected chi connectivity index (χ4v) is 7.60. The summed E-state index contributed by atoms with van der Waals surface area (Å²) in [4.78, 5) is 5.96. The molecule has 0 heterocycles. The van der Waals surface area contributed by atoms with E-state index >= 15 is 0 Å². The Bertz CT molecular complexity index is 1560. The summed E-state index contributed by atoms with van der Waals surface area (Å²) < 4.78 is 0. The highest BCUT2D eigenvalue weighted by atomic mass is 32.1. The van der Waals surface area contributed by atoms with Gasteiger partial charge < -0.3 is 0 Å². The Hall–Kier alpha value is -1.45. The van der Waals surface area contributed by atoms with Gasteiger partial charge in [0.1, 0.15) is 0 Å². The van der Waals surface area contributed by atoms with Crippen LogP contribution >= 0.6 is 88.4 Å². The van der Waals surface area contributed by atoms with E-state index in [9.17, 15) is 0 Å². The van der Waals surface area contributed by atoms with Crippen LogP contribution in [0.2, 0.25) is 0 Å². The average molecular weight is 635 g/mol. The van der Waals surface area contributed by atoms with Gasteiger partial charge >= 0.3 is 0 Å². The van der Waals surface area contributed by atoms with Crippen LogP contribution in [0.3, 0.4) is 0 Å². The monoisotopic (exact) mass is 634 g/mol. The van der Waals surface area contributed by atoms with Crippen LogP contribution in [-0.2, 0) is 5.41 Å². The van der Waals surface area contributed by atoms with Crippen molar-refractivity contribution in [3.8, 4) is 22.3 Å². The van der Waals surface area contributed by atoms with E-state index in [0.29, 0.717) is 0 Å². The molecule has 5 aromatic carbocycles. The maximum absolute atomic E-state index is 4.99. The summed E-state index contributed by atoms with van der Waals surface area (Å²) in [6.45, 7) is 2.20. The summed E-state index contributed by atoms with van der Waals surface area (Å²) in [6, 6.07) is 33.0. The molecule has 0 aliphatic heterocycles. The van der Waals surface area contributed by atoms with Crippen LogP contribution in [0.4, 0.5) is 0 Å². The largest absolute Gasteiger partial charge is 0.143 e. The summed E-state index contributed by atoms with van der Waals surface area (Å²) in [5.74, 6) is 0. The number of hydrogen-bond donors (Lipinski definition) is 7. The molecule has 0 bridgehead atoms. The summed E-state index contributed by atoms with van der Waals surface area (Å²) in [5.41, 5.74) is 6.65. The topological polar surface area (TPSA) is 0 Å². The van der Waals surface area contributed by atoms with Gasteiger partial charge in [-0.3, -0.25) is 0 Å².